The van der Waals surface area contributed by atoms with Gasteiger partial charge in [-0.2, -0.15) is 10.2 Å². The van der Waals surface area contributed by atoms with Crippen LogP contribution >= 0.6 is 0 Å². The van der Waals surface area contributed by atoms with Crippen LogP contribution < -0.4 is 10.6 Å². The highest BCUT2D eigenvalue weighted by Gasteiger charge is 2.26. The molecule has 8 heteroatoms. The standard InChI is InChI=1S/C21H26N6O2/c1-14-19(16-11-22-26(2)12-16)25-27(18-6-4-3-5-7-18)20(14)24-21(29)23-17-9-8-15(10-17)13-28/h3-7,11-12,15,17,28H,8-10,13H2,1-2H3,(H2,23,24,29)/t15-,17+/m0/s1. The lowest BCUT2D eigenvalue weighted by atomic mass is 10.1. The Balaban J connectivity index is 1.62. The van der Waals surface area contributed by atoms with E-state index in [0.717, 1.165) is 41.8 Å². The minimum atomic E-state index is -0.258. The summed E-state index contributed by atoms with van der Waals surface area (Å²) in [6, 6.07) is 9.54. The van der Waals surface area contributed by atoms with Crippen LogP contribution in [-0.2, 0) is 7.05 Å². The molecule has 0 unspecified atom stereocenters. The van der Waals surface area contributed by atoms with E-state index in [1.165, 1.54) is 0 Å². The first-order chi connectivity index (χ1) is 14.0. The van der Waals surface area contributed by atoms with Crippen LogP contribution in [0.15, 0.2) is 42.7 Å². The van der Waals surface area contributed by atoms with Gasteiger partial charge in [0, 0.05) is 37.0 Å². The van der Waals surface area contributed by atoms with Gasteiger partial charge in [0.05, 0.1) is 11.9 Å². The molecule has 3 aromatic rings. The summed E-state index contributed by atoms with van der Waals surface area (Å²) in [4.78, 5) is 12.7. The first-order valence-corrected chi connectivity index (χ1v) is 9.87. The number of rotatable bonds is 5. The largest absolute Gasteiger partial charge is 0.396 e. The van der Waals surface area contributed by atoms with Gasteiger partial charge in [-0.05, 0) is 44.2 Å². The highest BCUT2D eigenvalue weighted by molar-refractivity contribution is 5.91. The van der Waals surface area contributed by atoms with Crippen LogP contribution in [0.2, 0.25) is 0 Å². The maximum atomic E-state index is 12.7. The molecule has 152 valence electrons. The lowest BCUT2D eigenvalue weighted by Gasteiger charge is -2.15. The van der Waals surface area contributed by atoms with E-state index in [2.05, 4.69) is 15.7 Å². The second-order valence-electron chi connectivity index (χ2n) is 7.63. The topological polar surface area (TPSA) is 97.0 Å². The van der Waals surface area contributed by atoms with E-state index in [0.29, 0.717) is 5.82 Å². The number of aryl methyl sites for hydroxylation is 1. The van der Waals surface area contributed by atoms with Crippen molar-refractivity contribution in [2.75, 3.05) is 11.9 Å². The zero-order valence-corrected chi connectivity index (χ0v) is 16.7. The van der Waals surface area contributed by atoms with Crippen molar-refractivity contribution in [1.29, 1.82) is 0 Å². The van der Waals surface area contributed by atoms with Gasteiger partial charge in [0.15, 0.2) is 0 Å². The summed E-state index contributed by atoms with van der Waals surface area (Å²) in [5.41, 5.74) is 3.40. The highest BCUT2D eigenvalue weighted by atomic mass is 16.3. The number of aliphatic hydroxyl groups is 1. The monoisotopic (exact) mass is 394 g/mol. The van der Waals surface area contributed by atoms with Crippen LogP contribution in [0, 0.1) is 12.8 Å². The number of urea groups is 1. The summed E-state index contributed by atoms with van der Waals surface area (Å²) in [6.45, 7) is 2.12. The van der Waals surface area contributed by atoms with Crippen molar-refractivity contribution in [3.8, 4) is 16.9 Å². The van der Waals surface area contributed by atoms with Crippen molar-refractivity contribution in [2.24, 2.45) is 13.0 Å². The fourth-order valence-electron chi connectivity index (χ4n) is 3.92. The molecule has 3 N–H and O–H groups in total. The van der Waals surface area contributed by atoms with Crippen molar-refractivity contribution in [3.63, 3.8) is 0 Å². The van der Waals surface area contributed by atoms with Crippen molar-refractivity contribution < 1.29 is 9.90 Å². The maximum Gasteiger partial charge on any atom is 0.320 e. The lowest BCUT2D eigenvalue weighted by molar-refractivity contribution is 0.225. The molecule has 4 rings (SSSR count). The van der Waals surface area contributed by atoms with E-state index in [9.17, 15) is 9.90 Å². The van der Waals surface area contributed by atoms with Crippen LogP contribution in [0.5, 0.6) is 0 Å². The molecule has 1 aliphatic rings. The average molecular weight is 394 g/mol. The summed E-state index contributed by atoms with van der Waals surface area (Å²) < 4.78 is 3.48. The highest BCUT2D eigenvalue weighted by Crippen LogP contribution is 2.30. The Morgan fingerprint density at radius 3 is 2.72 bits per heavy atom. The third kappa shape index (κ3) is 4.02. The summed E-state index contributed by atoms with van der Waals surface area (Å²) in [7, 11) is 1.86. The minimum Gasteiger partial charge on any atom is -0.396 e. The van der Waals surface area contributed by atoms with Crippen LogP contribution in [0.3, 0.4) is 0 Å². The molecule has 0 bridgehead atoms. The summed E-state index contributed by atoms with van der Waals surface area (Å²) in [5, 5.41) is 24.3. The SMILES string of the molecule is Cc1c(-c2cnn(C)c2)nn(-c2ccccc2)c1NC(=O)N[C@@H]1CC[C@H](CO)C1. The minimum absolute atomic E-state index is 0.0818. The zero-order chi connectivity index (χ0) is 20.4. The van der Waals surface area contributed by atoms with Crippen molar-refractivity contribution in [2.45, 2.75) is 32.2 Å². The molecule has 29 heavy (non-hydrogen) atoms. The van der Waals surface area contributed by atoms with Crippen LogP contribution in [-0.4, -0.2) is 43.3 Å². The van der Waals surface area contributed by atoms with Gasteiger partial charge in [0.2, 0.25) is 0 Å². The number of benzene rings is 1. The molecule has 0 spiro atoms. The predicted octanol–water partition coefficient (Wildman–Crippen LogP) is 2.86. The number of para-hydroxylation sites is 1. The molecule has 0 aliphatic heterocycles. The molecule has 1 fully saturated rings. The Hall–Kier alpha value is -3.13. The Bertz CT molecular complexity index is 994. The number of hydrogen-bond acceptors (Lipinski definition) is 4. The smallest absolute Gasteiger partial charge is 0.320 e. The maximum absolute atomic E-state index is 12.7. The fraction of sp³-hybridized carbons (Fsp3) is 0.381. The number of aromatic nitrogens is 4. The Labute approximate surface area is 169 Å². The van der Waals surface area contributed by atoms with Crippen LogP contribution in [0.4, 0.5) is 10.6 Å². The molecule has 2 amide bonds. The first kappa shape index (κ1) is 19.2. The average Bonchev–Trinajstić information content (AvgIpc) is 3.43. The normalized spacial score (nSPS) is 18.7. The number of nitrogens with one attached hydrogen (secondary N) is 2. The second kappa shape index (κ2) is 8.08. The van der Waals surface area contributed by atoms with Gasteiger partial charge >= 0.3 is 6.03 Å². The number of nitrogens with zero attached hydrogens (tertiary/aromatic N) is 4. The van der Waals surface area contributed by atoms with E-state index < -0.39 is 0 Å². The van der Waals surface area contributed by atoms with E-state index in [1.54, 1.807) is 15.6 Å². The van der Waals surface area contributed by atoms with Crippen molar-refractivity contribution in [3.05, 3.63) is 48.3 Å². The van der Waals surface area contributed by atoms with Gasteiger partial charge < -0.3 is 10.4 Å². The van der Waals surface area contributed by atoms with E-state index in [1.807, 2.05) is 50.5 Å². The van der Waals surface area contributed by atoms with Gasteiger partial charge in [-0.1, -0.05) is 18.2 Å². The number of carbonyl (C=O) groups excluding carboxylic acids is 1. The third-order valence-electron chi connectivity index (χ3n) is 5.47. The van der Waals surface area contributed by atoms with Gasteiger partial charge in [0.1, 0.15) is 11.5 Å². The molecule has 8 nitrogen and oxygen atoms in total. The molecule has 2 atom stereocenters. The lowest BCUT2D eigenvalue weighted by Crippen LogP contribution is -2.37. The van der Waals surface area contributed by atoms with Crippen LogP contribution in [0.25, 0.3) is 16.9 Å². The molecule has 0 saturated heterocycles. The van der Waals surface area contributed by atoms with Crippen LogP contribution in [0.1, 0.15) is 24.8 Å². The third-order valence-corrected chi connectivity index (χ3v) is 5.47. The predicted molar refractivity (Wildman–Crippen MR) is 111 cm³/mol. The van der Waals surface area contributed by atoms with Gasteiger partial charge in [0.25, 0.3) is 0 Å². The number of aliphatic hydroxyl groups excluding tert-OH is 1. The Morgan fingerprint density at radius 1 is 1.28 bits per heavy atom. The van der Waals surface area contributed by atoms with E-state index in [-0.39, 0.29) is 24.6 Å². The Kier molecular flexibility index (Phi) is 5.35. The van der Waals surface area contributed by atoms with Gasteiger partial charge in [-0.15, -0.1) is 0 Å². The van der Waals surface area contributed by atoms with Gasteiger partial charge in [-0.25, -0.2) is 9.48 Å². The van der Waals surface area contributed by atoms with E-state index >= 15 is 0 Å². The fourth-order valence-corrected chi connectivity index (χ4v) is 3.92. The Morgan fingerprint density at radius 2 is 2.07 bits per heavy atom. The first-order valence-electron chi connectivity index (χ1n) is 9.87. The quantitative estimate of drug-likeness (QED) is 0.620. The summed E-state index contributed by atoms with van der Waals surface area (Å²) >= 11 is 0. The molecular weight excluding hydrogens is 368 g/mol. The summed E-state index contributed by atoms with van der Waals surface area (Å²) in [6.07, 6.45) is 6.30. The van der Waals surface area contributed by atoms with E-state index in [4.69, 9.17) is 5.10 Å². The molecule has 2 heterocycles. The number of amides is 2. The second-order valence-corrected chi connectivity index (χ2v) is 7.63. The number of anilines is 1. The molecule has 1 aliphatic carbocycles. The molecule has 0 radical (unpaired) electrons. The molecule has 1 aromatic carbocycles. The summed E-state index contributed by atoms with van der Waals surface area (Å²) in [5.74, 6) is 0.901. The number of carbonyl (C=O) groups is 1. The number of hydrogen-bond donors (Lipinski definition) is 3. The van der Waals surface area contributed by atoms with Gasteiger partial charge in [-0.3, -0.25) is 10.00 Å². The molecular formula is C21H26N6O2. The molecule has 2 aromatic heterocycles. The zero-order valence-electron chi connectivity index (χ0n) is 16.7. The van der Waals surface area contributed by atoms with Crippen molar-refractivity contribution >= 4 is 11.8 Å². The molecule has 1 saturated carbocycles. The van der Waals surface area contributed by atoms with Crippen molar-refractivity contribution in [1.82, 2.24) is 24.9 Å².